The maximum absolute atomic E-state index is 5.55. The molecule has 19 heavy (non-hydrogen) atoms. The van der Waals surface area contributed by atoms with E-state index in [9.17, 15) is 0 Å². The SMILES string of the molecule is CCOc1cccc(CNCc2cn[nH]c2)c1OC. The van der Waals surface area contributed by atoms with Crippen molar-refractivity contribution in [3.05, 3.63) is 41.7 Å². The van der Waals surface area contributed by atoms with Crippen LogP contribution in [-0.4, -0.2) is 23.9 Å². The highest BCUT2D eigenvalue weighted by Gasteiger charge is 2.09. The molecule has 2 aromatic rings. The summed E-state index contributed by atoms with van der Waals surface area (Å²) in [4.78, 5) is 0. The van der Waals surface area contributed by atoms with Gasteiger partial charge in [0.25, 0.3) is 0 Å². The van der Waals surface area contributed by atoms with E-state index in [-0.39, 0.29) is 0 Å². The van der Waals surface area contributed by atoms with Gasteiger partial charge in [-0.3, -0.25) is 5.10 Å². The number of benzene rings is 1. The number of hydrogen-bond acceptors (Lipinski definition) is 4. The van der Waals surface area contributed by atoms with Crippen molar-refractivity contribution in [2.75, 3.05) is 13.7 Å². The first-order chi connectivity index (χ1) is 9.35. The van der Waals surface area contributed by atoms with Crippen molar-refractivity contribution in [1.29, 1.82) is 0 Å². The Bertz CT molecular complexity index is 497. The van der Waals surface area contributed by atoms with Gasteiger partial charge in [-0.15, -0.1) is 0 Å². The van der Waals surface area contributed by atoms with Crippen molar-refractivity contribution in [3.8, 4) is 11.5 Å². The minimum absolute atomic E-state index is 0.627. The number of aromatic amines is 1. The summed E-state index contributed by atoms with van der Waals surface area (Å²) in [7, 11) is 1.66. The molecule has 2 rings (SSSR count). The molecule has 5 heteroatoms. The van der Waals surface area contributed by atoms with Gasteiger partial charge in [-0.2, -0.15) is 5.10 Å². The number of methoxy groups -OCH3 is 1. The van der Waals surface area contributed by atoms with Crippen LogP contribution in [0.25, 0.3) is 0 Å². The second kappa shape index (κ2) is 6.80. The van der Waals surface area contributed by atoms with E-state index in [4.69, 9.17) is 9.47 Å². The van der Waals surface area contributed by atoms with E-state index >= 15 is 0 Å². The van der Waals surface area contributed by atoms with Gasteiger partial charge in [0, 0.05) is 30.4 Å². The van der Waals surface area contributed by atoms with Crippen LogP contribution in [0.4, 0.5) is 0 Å². The van der Waals surface area contributed by atoms with Crippen LogP contribution in [0.15, 0.2) is 30.6 Å². The number of rotatable bonds is 7. The average molecular weight is 261 g/mol. The Morgan fingerprint density at radius 1 is 1.32 bits per heavy atom. The second-order valence-corrected chi connectivity index (χ2v) is 4.09. The molecule has 2 N–H and O–H groups in total. The van der Waals surface area contributed by atoms with Crippen molar-refractivity contribution in [1.82, 2.24) is 15.5 Å². The molecule has 0 aliphatic carbocycles. The predicted octanol–water partition coefficient (Wildman–Crippen LogP) is 2.11. The number of H-pyrrole nitrogens is 1. The third-order valence-corrected chi connectivity index (χ3v) is 2.76. The Morgan fingerprint density at radius 2 is 2.21 bits per heavy atom. The molecule has 0 aliphatic heterocycles. The summed E-state index contributed by atoms with van der Waals surface area (Å²) in [6.07, 6.45) is 3.68. The Kier molecular flexibility index (Phi) is 4.80. The first-order valence-electron chi connectivity index (χ1n) is 6.32. The highest BCUT2D eigenvalue weighted by atomic mass is 16.5. The lowest BCUT2D eigenvalue weighted by molar-refractivity contribution is 0.308. The number of para-hydroxylation sites is 1. The minimum atomic E-state index is 0.627. The van der Waals surface area contributed by atoms with E-state index < -0.39 is 0 Å². The van der Waals surface area contributed by atoms with E-state index in [1.54, 1.807) is 13.3 Å². The van der Waals surface area contributed by atoms with Crippen LogP contribution >= 0.6 is 0 Å². The summed E-state index contributed by atoms with van der Waals surface area (Å²) in [5.74, 6) is 1.58. The lowest BCUT2D eigenvalue weighted by Crippen LogP contribution is -2.13. The molecule has 102 valence electrons. The van der Waals surface area contributed by atoms with Crippen molar-refractivity contribution in [2.24, 2.45) is 0 Å². The zero-order valence-corrected chi connectivity index (χ0v) is 11.3. The first-order valence-corrected chi connectivity index (χ1v) is 6.32. The molecule has 0 atom stereocenters. The summed E-state index contributed by atoms with van der Waals surface area (Å²) in [5.41, 5.74) is 2.21. The number of aromatic nitrogens is 2. The van der Waals surface area contributed by atoms with Crippen LogP contribution in [0.1, 0.15) is 18.1 Å². The topological polar surface area (TPSA) is 59.2 Å². The molecule has 0 aliphatic rings. The monoisotopic (exact) mass is 261 g/mol. The van der Waals surface area contributed by atoms with Gasteiger partial charge in [0.05, 0.1) is 19.9 Å². The summed E-state index contributed by atoms with van der Waals surface area (Å²) >= 11 is 0. The molecule has 5 nitrogen and oxygen atoms in total. The van der Waals surface area contributed by atoms with Gasteiger partial charge in [0.15, 0.2) is 11.5 Å². The van der Waals surface area contributed by atoms with Crippen LogP contribution < -0.4 is 14.8 Å². The van der Waals surface area contributed by atoms with Gasteiger partial charge in [0.1, 0.15) is 0 Å². The highest BCUT2D eigenvalue weighted by molar-refractivity contribution is 5.46. The van der Waals surface area contributed by atoms with Crippen molar-refractivity contribution in [3.63, 3.8) is 0 Å². The van der Waals surface area contributed by atoms with E-state index in [2.05, 4.69) is 15.5 Å². The van der Waals surface area contributed by atoms with Crippen molar-refractivity contribution >= 4 is 0 Å². The smallest absolute Gasteiger partial charge is 0.165 e. The van der Waals surface area contributed by atoms with E-state index in [1.165, 1.54) is 0 Å². The molecule has 0 bridgehead atoms. The molecule has 1 aromatic heterocycles. The molecular formula is C14H19N3O2. The van der Waals surface area contributed by atoms with E-state index in [0.29, 0.717) is 6.61 Å². The zero-order valence-electron chi connectivity index (χ0n) is 11.3. The molecule has 0 saturated heterocycles. The zero-order chi connectivity index (χ0) is 13.5. The summed E-state index contributed by atoms with van der Waals surface area (Å²) in [6.45, 7) is 4.07. The third kappa shape index (κ3) is 3.48. The molecule has 0 saturated carbocycles. The van der Waals surface area contributed by atoms with Crippen LogP contribution in [0.3, 0.4) is 0 Å². The van der Waals surface area contributed by atoms with Crippen LogP contribution in [-0.2, 0) is 13.1 Å². The van der Waals surface area contributed by atoms with Crippen molar-refractivity contribution < 1.29 is 9.47 Å². The van der Waals surface area contributed by atoms with Gasteiger partial charge in [-0.05, 0) is 13.0 Å². The number of nitrogens with one attached hydrogen (secondary N) is 2. The lowest BCUT2D eigenvalue weighted by Gasteiger charge is -2.13. The Morgan fingerprint density at radius 3 is 2.89 bits per heavy atom. The standard InChI is InChI=1S/C14H19N3O2/c1-3-19-13-6-4-5-12(14(13)18-2)10-15-7-11-8-16-17-9-11/h4-6,8-9,15H,3,7,10H2,1-2H3,(H,16,17). The highest BCUT2D eigenvalue weighted by Crippen LogP contribution is 2.30. The number of ether oxygens (including phenoxy) is 2. The molecular weight excluding hydrogens is 242 g/mol. The van der Waals surface area contributed by atoms with Crippen molar-refractivity contribution in [2.45, 2.75) is 20.0 Å². The lowest BCUT2D eigenvalue weighted by atomic mass is 10.2. The molecule has 0 fully saturated rings. The van der Waals surface area contributed by atoms with Gasteiger partial charge in [-0.25, -0.2) is 0 Å². The number of nitrogens with zero attached hydrogens (tertiary/aromatic N) is 1. The first kappa shape index (κ1) is 13.4. The number of hydrogen-bond donors (Lipinski definition) is 2. The van der Waals surface area contributed by atoms with Gasteiger partial charge < -0.3 is 14.8 Å². The molecule has 0 radical (unpaired) electrons. The maximum atomic E-state index is 5.55. The van der Waals surface area contributed by atoms with Crippen LogP contribution in [0.5, 0.6) is 11.5 Å². The van der Waals surface area contributed by atoms with E-state index in [1.807, 2.05) is 31.3 Å². The van der Waals surface area contributed by atoms with Crippen LogP contribution in [0.2, 0.25) is 0 Å². The molecule has 0 unspecified atom stereocenters. The molecule has 0 spiro atoms. The van der Waals surface area contributed by atoms with Gasteiger partial charge in [-0.1, -0.05) is 12.1 Å². The fourth-order valence-electron chi connectivity index (χ4n) is 1.92. The summed E-state index contributed by atoms with van der Waals surface area (Å²) < 4.78 is 11.0. The normalized spacial score (nSPS) is 10.4. The van der Waals surface area contributed by atoms with Gasteiger partial charge >= 0.3 is 0 Å². The van der Waals surface area contributed by atoms with Crippen LogP contribution in [0, 0.1) is 0 Å². The predicted molar refractivity (Wildman–Crippen MR) is 73.3 cm³/mol. The van der Waals surface area contributed by atoms with Gasteiger partial charge in [0.2, 0.25) is 0 Å². The second-order valence-electron chi connectivity index (χ2n) is 4.09. The Balaban J connectivity index is 2.00. The molecule has 0 amide bonds. The summed E-state index contributed by atoms with van der Waals surface area (Å²) in [6, 6.07) is 5.92. The molecule has 1 aromatic carbocycles. The Labute approximate surface area is 112 Å². The fourth-order valence-corrected chi connectivity index (χ4v) is 1.92. The fraction of sp³-hybridized carbons (Fsp3) is 0.357. The quantitative estimate of drug-likeness (QED) is 0.801. The molecule has 1 heterocycles. The largest absolute Gasteiger partial charge is 0.493 e. The maximum Gasteiger partial charge on any atom is 0.165 e. The minimum Gasteiger partial charge on any atom is -0.493 e. The van der Waals surface area contributed by atoms with E-state index in [0.717, 1.165) is 35.7 Å². The average Bonchev–Trinajstić information content (AvgIpc) is 2.93. The summed E-state index contributed by atoms with van der Waals surface area (Å²) in [5, 5.41) is 10.1. The Hall–Kier alpha value is -2.01. The third-order valence-electron chi connectivity index (χ3n) is 2.76.